The molecule has 1 fully saturated rings. The minimum absolute atomic E-state index is 0.345. The summed E-state index contributed by atoms with van der Waals surface area (Å²) in [6.45, 7) is 3.71. The van der Waals surface area contributed by atoms with Crippen molar-refractivity contribution in [3.05, 3.63) is 59.1 Å². The second-order valence-electron chi connectivity index (χ2n) is 7.83. The van der Waals surface area contributed by atoms with Crippen molar-refractivity contribution in [2.75, 3.05) is 24.8 Å². The van der Waals surface area contributed by atoms with Gasteiger partial charge in [-0.1, -0.05) is 11.8 Å². The van der Waals surface area contributed by atoms with Crippen LogP contribution in [0.4, 0.5) is 10.8 Å². The summed E-state index contributed by atoms with van der Waals surface area (Å²) in [6.07, 6.45) is 6.27. The third-order valence-electron chi connectivity index (χ3n) is 5.26. The molecular weight excluding hydrogens is 448 g/mol. The lowest BCUT2D eigenvalue weighted by molar-refractivity contribution is 0.0664. The quantitative estimate of drug-likeness (QED) is 0.472. The second-order valence-corrected chi connectivity index (χ2v) is 12.2. The molecule has 164 valence electrons. The minimum Gasteiger partial charge on any atom is -0.381 e. The van der Waals surface area contributed by atoms with E-state index in [1.54, 1.807) is 35.2 Å². The summed E-state index contributed by atoms with van der Waals surface area (Å²) in [4.78, 5) is 8.15. The van der Waals surface area contributed by atoms with Gasteiger partial charge < -0.3 is 10.1 Å². The average molecular weight is 475 g/mol. The fourth-order valence-electron chi connectivity index (χ4n) is 3.60. The number of benzene rings is 2. The SMILES string of the molecule is Cc1cnc(Nc2ccc(Sc3ccc(S(C)(=O)=O)cc3)c(CC3CCOCC3)c2)s1. The van der Waals surface area contributed by atoms with Gasteiger partial charge >= 0.3 is 0 Å². The van der Waals surface area contributed by atoms with Gasteiger partial charge in [0.15, 0.2) is 15.0 Å². The highest BCUT2D eigenvalue weighted by Gasteiger charge is 2.17. The van der Waals surface area contributed by atoms with Crippen molar-refractivity contribution in [1.29, 1.82) is 0 Å². The first-order chi connectivity index (χ1) is 14.9. The zero-order valence-electron chi connectivity index (χ0n) is 17.6. The van der Waals surface area contributed by atoms with Crippen molar-refractivity contribution in [2.45, 2.75) is 40.9 Å². The second kappa shape index (κ2) is 9.73. The van der Waals surface area contributed by atoms with Crippen LogP contribution in [0.1, 0.15) is 23.3 Å². The number of thiazole rings is 1. The maximum absolute atomic E-state index is 11.7. The highest BCUT2D eigenvalue weighted by Crippen LogP contribution is 2.36. The number of sulfone groups is 1. The van der Waals surface area contributed by atoms with E-state index in [0.717, 1.165) is 48.2 Å². The molecule has 1 aliphatic heterocycles. The number of ether oxygens (including phenoxy) is 1. The lowest BCUT2D eigenvalue weighted by atomic mass is 9.92. The highest BCUT2D eigenvalue weighted by molar-refractivity contribution is 7.99. The Hall–Kier alpha value is -1.87. The maximum atomic E-state index is 11.7. The van der Waals surface area contributed by atoms with Crippen molar-refractivity contribution < 1.29 is 13.2 Å². The number of aryl methyl sites for hydroxylation is 1. The number of rotatable bonds is 7. The molecule has 5 nitrogen and oxygen atoms in total. The Labute approximate surface area is 192 Å². The average Bonchev–Trinajstić information content (AvgIpc) is 3.15. The number of anilines is 2. The summed E-state index contributed by atoms with van der Waals surface area (Å²) in [5, 5.41) is 4.32. The van der Waals surface area contributed by atoms with E-state index in [1.165, 1.54) is 21.6 Å². The fourth-order valence-corrected chi connectivity index (χ4v) is 5.85. The summed E-state index contributed by atoms with van der Waals surface area (Å²) in [6, 6.07) is 13.6. The molecule has 4 rings (SSSR count). The Morgan fingerprint density at radius 3 is 2.55 bits per heavy atom. The molecule has 1 N–H and O–H groups in total. The lowest BCUT2D eigenvalue weighted by Gasteiger charge is -2.23. The van der Waals surface area contributed by atoms with E-state index in [9.17, 15) is 8.42 Å². The van der Waals surface area contributed by atoms with E-state index in [2.05, 4.69) is 28.5 Å². The van der Waals surface area contributed by atoms with E-state index in [-0.39, 0.29) is 0 Å². The number of nitrogens with one attached hydrogen (secondary N) is 1. The molecule has 0 radical (unpaired) electrons. The Bertz CT molecular complexity index is 1140. The van der Waals surface area contributed by atoms with Crippen LogP contribution in [0.5, 0.6) is 0 Å². The van der Waals surface area contributed by atoms with Crippen LogP contribution in [0.25, 0.3) is 0 Å². The molecule has 1 saturated heterocycles. The summed E-state index contributed by atoms with van der Waals surface area (Å²) in [5.41, 5.74) is 2.33. The summed E-state index contributed by atoms with van der Waals surface area (Å²) >= 11 is 3.32. The van der Waals surface area contributed by atoms with Crippen LogP contribution in [0.3, 0.4) is 0 Å². The molecule has 8 heteroatoms. The molecule has 2 aromatic carbocycles. The number of hydrogen-bond acceptors (Lipinski definition) is 7. The predicted molar refractivity (Wildman–Crippen MR) is 127 cm³/mol. The van der Waals surface area contributed by atoms with Crippen LogP contribution in [0.2, 0.25) is 0 Å². The molecule has 0 bridgehead atoms. The molecule has 2 heterocycles. The largest absolute Gasteiger partial charge is 0.381 e. The number of aromatic nitrogens is 1. The molecule has 0 amide bonds. The van der Waals surface area contributed by atoms with Gasteiger partial charge in [-0.3, -0.25) is 0 Å². The third kappa shape index (κ3) is 6.10. The van der Waals surface area contributed by atoms with Gasteiger partial charge in [-0.15, -0.1) is 11.3 Å². The van der Waals surface area contributed by atoms with Gasteiger partial charge in [-0.25, -0.2) is 13.4 Å². The van der Waals surface area contributed by atoms with E-state index >= 15 is 0 Å². The molecule has 0 aliphatic carbocycles. The van der Waals surface area contributed by atoms with E-state index in [4.69, 9.17) is 4.74 Å². The first-order valence-corrected chi connectivity index (χ1v) is 13.8. The van der Waals surface area contributed by atoms with Gasteiger partial charge in [0, 0.05) is 46.0 Å². The Morgan fingerprint density at radius 2 is 1.90 bits per heavy atom. The van der Waals surface area contributed by atoms with Gasteiger partial charge in [-0.05, 0) is 80.1 Å². The van der Waals surface area contributed by atoms with Crippen LogP contribution in [-0.2, 0) is 21.0 Å². The first-order valence-electron chi connectivity index (χ1n) is 10.2. The van der Waals surface area contributed by atoms with E-state index < -0.39 is 9.84 Å². The molecule has 1 aromatic heterocycles. The van der Waals surface area contributed by atoms with Crippen molar-refractivity contribution in [3.8, 4) is 0 Å². The molecule has 31 heavy (non-hydrogen) atoms. The topological polar surface area (TPSA) is 68.3 Å². The Kier molecular flexibility index (Phi) is 7.01. The highest BCUT2D eigenvalue weighted by atomic mass is 32.2. The molecule has 0 unspecified atom stereocenters. The molecule has 1 aliphatic rings. The summed E-state index contributed by atoms with van der Waals surface area (Å²) < 4.78 is 29.0. The van der Waals surface area contributed by atoms with Gasteiger partial charge in [0.2, 0.25) is 0 Å². The van der Waals surface area contributed by atoms with Gasteiger partial charge in [-0.2, -0.15) is 0 Å². The monoisotopic (exact) mass is 474 g/mol. The minimum atomic E-state index is -3.19. The smallest absolute Gasteiger partial charge is 0.187 e. The van der Waals surface area contributed by atoms with Gasteiger partial charge in [0.25, 0.3) is 0 Å². The standard InChI is InChI=1S/C23H26N2O3S3/c1-16-15-24-23(29-16)25-19-3-8-22(18(14-19)13-17-9-11-28-12-10-17)30-20-4-6-21(7-5-20)31(2,26)27/h3-8,14-15,17H,9-13H2,1-2H3,(H,24,25). The van der Waals surface area contributed by atoms with Crippen molar-refractivity contribution in [2.24, 2.45) is 5.92 Å². The molecule has 3 aromatic rings. The summed E-state index contributed by atoms with van der Waals surface area (Å²) in [7, 11) is -3.19. The third-order valence-corrected chi connectivity index (χ3v) is 8.34. The van der Waals surface area contributed by atoms with E-state index in [1.807, 2.05) is 25.3 Å². The van der Waals surface area contributed by atoms with Crippen molar-refractivity contribution in [3.63, 3.8) is 0 Å². The summed E-state index contributed by atoms with van der Waals surface area (Å²) in [5.74, 6) is 0.609. The van der Waals surface area contributed by atoms with Crippen LogP contribution in [0.15, 0.2) is 63.3 Å². The van der Waals surface area contributed by atoms with Crippen LogP contribution < -0.4 is 5.32 Å². The van der Waals surface area contributed by atoms with Crippen LogP contribution in [0, 0.1) is 12.8 Å². The molecule has 0 saturated carbocycles. The zero-order chi connectivity index (χ0) is 21.8. The Balaban J connectivity index is 1.58. The van der Waals surface area contributed by atoms with Gasteiger partial charge in [0.05, 0.1) is 4.90 Å². The van der Waals surface area contributed by atoms with E-state index in [0.29, 0.717) is 10.8 Å². The van der Waals surface area contributed by atoms with Crippen molar-refractivity contribution >= 4 is 43.8 Å². The molecular formula is C23H26N2O3S3. The molecule has 0 atom stereocenters. The zero-order valence-corrected chi connectivity index (χ0v) is 20.1. The van der Waals surface area contributed by atoms with Crippen molar-refractivity contribution in [1.82, 2.24) is 4.98 Å². The Morgan fingerprint density at radius 1 is 1.16 bits per heavy atom. The fraction of sp³-hybridized carbons (Fsp3) is 0.348. The number of nitrogens with zero attached hydrogens (tertiary/aromatic N) is 1. The normalized spacial score (nSPS) is 15.2. The van der Waals surface area contributed by atoms with Gasteiger partial charge in [0.1, 0.15) is 0 Å². The molecule has 0 spiro atoms. The lowest BCUT2D eigenvalue weighted by Crippen LogP contribution is -2.17. The first kappa shape index (κ1) is 22.3. The maximum Gasteiger partial charge on any atom is 0.187 e. The predicted octanol–water partition coefficient (Wildman–Crippen LogP) is 5.72. The van der Waals surface area contributed by atoms with Crippen LogP contribution in [-0.4, -0.2) is 32.9 Å². The number of hydrogen-bond donors (Lipinski definition) is 1. The van der Waals surface area contributed by atoms with Crippen LogP contribution >= 0.6 is 23.1 Å².